The molecule has 3 aromatic heterocycles. The van der Waals surface area contributed by atoms with E-state index in [9.17, 15) is 30.0 Å². The molecular weight excluding hydrogens is 484 g/mol. The van der Waals surface area contributed by atoms with Crippen molar-refractivity contribution in [2.24, 2.45) is 0 Å². The predicted molar refractivity (Wildman–Crippen MR) is 118 cm³/mol. The zero-order valence-electron chi connectivity index (χ0n) is 18.5. The number of aliphatic hydroxyl groups is 4. The summed E-state index contributed by atoms with van der Waals surface area (Å²) in [5.41, 5.74) is 9.76. The zero-order chi connectivity index (χ0) is 25.7. The minimum atomic E-state index is -1.49. The fourth-order valence-corrected chi connectivity index (χ4v) is 4.35. The van der Waals surface area contributed by atoms with Gasteiger partial charge in [0.1, 0.15) is 42.4 Å². The Bertz CT molecular complexity index is 1370. The first kappa shape index (κ1) is 24.3. The molecule has 17 heteroatoms. The molecule has 0 bridgehead atoms. The number of nitrogens with two attached hydrogens (primary N) is 2. The van der Waals surface area contributed by atoms with Gasteiger partial charge >= 0.3 is 5.69 Å². The number of aromatic amines is 1. The van der Waals surface area contributed by atoms with E-state index in [1.165, 1.54) is 23.2 Å². The normalized spacial score (nSPS) is 32.4. The summed E-state index contributed by atoms with van der Waals surface area (Å²) in [7, 11) is 0. The molecule has 0 spiro atoms. The maximum Gasteiger partial charge on any atom is 0.351 e. The van der Waals surface area contributed by atoms with E-state index in [2.05, 4.69) is 19.9 Å². The van der Waals surface area contributed by atoms with Crippen molar-refractivity contribution in [3.8, 4) is 0 Å². The van der Waals surface area contributed by atoms with Gasteiger partial charge in [-0.1, -0.05) is 0 Å². The van der Waals surface area contributed by atoms with Gasteiger partial charge in [0.15, 0.2) is 23.6 Å². The highest BCUT2D eigenvalue weighted by atomic mass is 16.6. The molecule has 0 unspecified atom stereocenters. The zero-order valence-corrected chi connectivity index (χ0v) is 18.5. The van der Waals surface area contributed by atoms with Crippen molar-refractivity contribution in [1.82, 2.24) is 29.1 Å². The number of nitrogen functional groups attached to an aromatic ring is 2. The molecule has 9 N–H and O–H groups in total. The summed E-state index contributed by atoms with van der Waals surface area (Å²) >= 11 is 0. The van der Waals surface area contributed by atoms with Crippen LogP contribution >= 0.6 is 0 Å². The third-order valence-electron chi connectivity index (χ3n) is 6.13. The van der Waals surface area contributed by atoms with Crippen molar-refractivity contribution in [3.63, 3.8) is 0 Å². The lowest BCUT2D eigenvalue weighted by Crippen LogP contribution is -2.40. The SMILES string of the molecule is Nc1ccn([C@@H]2O[C@H](CO[C@H]3[C@@H](O)[C@H](n4cnc5c(=O)[nH]c(N)nc54)O[C@@H]3CO)[C@@H](O)[C@H]2O)c(=O)n1. The van der Waals surface area contributed by atoms with E-state index in [4.69, 9.17) is 25.7 Å². The average molecular weight is 508 g/mol. The van der Waals surface area contributed by atoms with Gasteiger partial charge in [-0.25, -0.2) is 9.78 Å². The van der Waals surface area contributed by atoms with E-state index in [1.54, 1.807) is 0 Å². The van der Waals surface area contributed by atoms with Gasteiger partial charge in [0.2, 0.25) is 5.95 Å². The summed E-state index contributed by atoms with van der Waals surface area (Å²) < 4.78 is 19.4. The van der Waals surface area contributed by atoms with Crippen LogP contribution in [0, 0.1) is 0 Å². The largest absolute Gasteiger partial charge is 0.394 e. The molecule has 36 heavy (non-hydrogen) atoms. The molecule has 17 nitrogen and oxygen atoms in total. The van der Waals surface area contributed by atoms with Gasteiger partial charge < -0.3 is 46.1 Å². The molecule has 0 amide bonds. The third-order valence-corrected chi connectivity index (χ3v) is 6.13. The Hall–Kier alpha value is -3.45. The van der Waals surface area contributed by atoms with Crippen LogP contribution in [-0.4, -0.2) is 99.3 Å². The topological polar surface area (TPSA) is 259 Å². The predicted octanol–water partition coefficient (Wildman–Crippen LogP) is -4.20. The number of hydrogen-bond donors (Lipinski definition) is 7. The summed E-state index contributed by atoms with van der Waals surface area (Å²) in [6, 6.07) is 1.34. The second kappa shape index (κ2) is 9.21. The Labute approximate surface area is 200 Å². The molecule has 0 aromatic carbocycles. The van der Waals surface area contributed by atoms with Crippen molar-refractivity contribution in [3.05, 3.63) is 39.4 Å². The number of aromatic nitrogens is 6. The Kier molecular flexibility index (Phi) is 6.20. The van der Waals surface area contributed by atoms with Crippen LogP contribution < -0.4 is 22.7 Å². The minimum absolute atomic E-state index is 0.0165. The van der Waals surface area contributed by atoms with Gasteiger partial charge in [-0.3, -0.25) is 18.9 Å². The Morgan fingerprint density at radius 1 is 1.03 bits per heavy atom. The molecule has 2 aliphatic rings. The lowest BCUT2D eigenvalue weighted by molar-refractivity contribution is -0.111. The average Bonchev–Trinajstić information content (AvgIpc) is 3.47. The lowest BCUT2D eigenvalue weighted by atomic mass is 10.1. The smallest absolute Gasteiger partial charge is 0.351 e. The van der Waals surface area contributed by atoms with Gasteiger partial charge in [-0.05, 0) is 6.07 Å². The fourth-order valence-electron chi connectivity index (χ4n) is 4.35. The van der Waals surface area contributed by atoms with Crippen molar-refractivity contribution >= 4 is 22.9 Å². The van der Waals surface area contributed by atoms with E-state index < -0.39 is 66.9 Å². The van der Waals surface area contributed by atoms with Gasteiger partial charge in [0.05, 0.1) is 19.5 Å². The first-order valence-electron chi connectivity index (χ1n) is 10.8. The molecule has 2 saturated heterocycles. The Balaban J connectivity index is 1.32. The van der Waals surface area contributed by atoms with Crippen LogP contribution in [0.1, 0.15) is 12.5 Å². The van der Waals surface area contributed by atoms with Crippen LogP contribution in [0.15, 0.2) is 28.2 Å². The quantitative estimate of drug-likeness (QED) is 0.167. The van der Waals surface area contributed by atoms with Crippen molar-refractivity contribution in [1.29, 1.82) is 0 Å². The first-order chi connectivity index (χ1) is 17.2. The molecule has 8 atom stereocenters. The van der Waals surface area contributed by atoms with Crippen molar-refractivity contribution in [2.75, 3.05) is 24.7 Å². The number of ether oxygens (including phenoxy) is 3. The van der Waals surface area contributed by atoms with E-state index in [1.807, 2.05) is 0 Å². The molecule has 5 heterocycles. The van der Waals surface area contributed by atoms with Gasteiger partial charge in [-0.2, -0.15) is 9.97 Å². The van der Waals surface area contributed by atoms with E-state index in [0.29, 0.717) is 0 Å². The maximum absolute atomic E-state index is 12.1. The molecular formula is C19H24N8O9. The highest BCUT2D eigenvalue weighted by Gasteiger charge is 2.48. The summed E-state index contributed by atoms with van der Waals surface area (Å²) in [4.78, 5) is 38.1. The summed E-state index contributed by atoms with van der Waals surface area (Å²) in [6.07, 6.45) is -7.41. The molecule has 5 rings (SSSR count). The highest BCUT2D eigenvalue weighted by Crippen LogP contribution is 2.34. The molecule has 0 radical (unpaired) electrons. The fraction of sp³-hybridized carbons (Fsp3) is 0.526. The number of imidazole rings is 1. The molecule has 3 aromatic rings. The van der Waals surface area contributed by atoms with Gasteiger partial charge in [0, 0.05) is 6.20 Å². The highest BCUT2D eigenvalue weighted by molar-refractivity contribution is 5.70. The number of anilines is 2. The first-order valence-corrected chi connectivity index (χ1v) is 10.8. The van der Waals surface area contributed by atoms with Crippen LogP contribution in [0.25, 0.3) is 11.2 Å². The maximum atomic E-state index is 12.1. The second-order valence-corrected chi connectivity index (χ2v) is 8.40. The van der Waals surface area contributed by atoms with Crippen LogP contribution in [0.3, 0.4) is 0 Å². The van der Waals surface area contributed by atoms with Crippen LogP contribution in [0.5, 0.6) is 0 Å². The van der Waals surface area contributed by atoms with Crippen LogP contribution in [0.4, 0.5) is 11.8 Å². The number of nitrogens with one attached hydrogen (secondary N) is 1. The van der Waals surface area contributed by atoms with Gasteiger partial charge in [-0.15, -0.1) is 0 Å². The minimum Gasteiger partial charge on any atom is -0.394 e. The summed E-state index contributed by atoms with van der Waals surface area (Å²) in [6.45, 7) is -0.872. The summed E-state index contributed by atoms with van der Waals surface area (Å²) in [5.74, 6) is -0.179. The number of fused-ring (bicyclic) bond motifs is 1. The molecule has 2 fully saturated rings. The molecule has 0 saturated carbocycles. The Morgan fingerprint density at radius 3 is 2.47 bits per heavy atom. The monoisotopic (exact) mass is 508 g/mol. The Morgan fingerprint density at radius 2 is 1.75 bits per heavy atom. The van der Waals surface area contributed by atoms with Crippen molar-refractivity contribution in [2.45, 2.75) is 49.1 Å². The van der Waals surface area contributed by atoms with Gasteiger partial charge in [0.25, 0.3) is 5.56 Å². The number of rotatable bonds is 6. The third kappa shape index (κ3) is 4.01. The molecule has 0 aliphatic carbocycles. The number of hydrogen-bond acceptors (Lipinski definition) is 14. The van der Waals surface area contributed by atoms with Crippen LogP contribution in [0.2, 0.25) is 0 Å². The van der Waals surface area contributed by atoms with Crippen molar-refractivity contribution < 1.29 is 34.6 Å². The number of nitrogens with zero attached hydrogens (tertiary/aromatic N) is 5. The number of H-pyrrole nitrogens is 1. The standard InChI is InChI=1S/C19H24N8O9/c20-8-1-2-26(19(33)23-8)16-11(30)10(29)7(36-16)4-34-13-6(3-28)35-17(12(13)31)27-5-22-9-14(27)24-18(21)25-15(9)32/h1-2,5-7,10-13,16-17,28-31H,3-4H2,(H2,20,23,33)(H3,21,24,25,32)/t6-,7-,10-,11-,12-,13-,16-,17-/m1/s1. The van der Waals surface area contributed by atoms with Crippen LogP contribution in [-0.2, 0) is 14.2 Å². The van der Waals surface area contributed by atoms with E-state index in [-0.39, 0.29) is 29.5 Å². The lowest BCUT2D eigenvalue weighted by Gasteiger charge is -2.23. The van der Waals surface area contributed by atoms with E-state index >= 15 is 0 Å². The van der Waals surface area contributed by atoms with E-state index in [0.717, 1.165) is 4.57 Å². The number of aliphatic hydroxyl groups excluding tert-OH is 4. The summed E-state index contributed by atoms with van der Waals surface area (Å²) in [5, 5.41) is 41.6. The second-order valence-electron chi connectivity index (χ2n) is 8.40. The molecule has 2 aliphatic heterocycles. The molecule has 194 valence electrons.